The van der Waals surface area contributed by atoms with E-state index in [1.165, 1.54) is 64.2 Å². The van der Waals surface area contributed by atoms with Crippen molar-refractivity contribution in [2.75, 3.05) is 12.5 Å². The molecule has 2 atom stereocenters. The topological polar surface area (TPSA) is 0 Å². The molecule has 2 aliphatic rings. The summed E-state index contributed by atoms with van der Waals surface area (Å²) < 4.78 is 0.949. The molecule has 0 aliphatic heterocycles. The summed E-state index contributed by atoms with van der Waals surface area (Å²) in [6, 6.07) is 23.0. The Morgan fingerprint density at radius 3 is 1.61 bits per heavy atom. The van der Waals surface area contributed by atoms with Crippen LogP contribution >= 0.6 is 20.1 Å². The molecule has 0 aromatic heterocycles. The Labute approximate surface area is 227 Å². The first kappa shape index (κ1) is 28.2. The highest BCUT2D eigenvalue weighted by molar-refractivity contribution is 8.35. The Balaban J connectivity index is 1.53. The molecule has 0 N–H and O–H groups in total. The van der Waals surface area contributed by atoms with E-state index in [0.717, 1.165) is 16.4 Å². The molecule has 2 fully saturated rings. The fraction of sp³-hybridized carbons (Fsp3) is 0.647. The van der Waals surface area contributed by atoms with Gasteiger partial charge in [0.25, 0.3) is 0 Å². The van der Waals surface area contributed by atoms with Gasteiger partial charge in [-0.2, -0.15) is 10.0 Å². The summed E-state index contributed by atoms with van der Waals surface area (Å²) in [5.74, 6) is 0.904. The van der Waals surface area contributed by atoms with Gasteiger partial charge >= 0.3 is 0 Å². The van der Waals surface area contributed by atoms with Gasteiger partial charge in [-0.1, -0.05) is 90.3 Å². The Bertz CT molecular complexity index is 912. The Morgan fingerprint density at radius 2 is 1.17 bits per heavy atom. The van der Waals surface area contributed by atoms with Crippen molar-refractivity contribution >= 4 is 20.1 Å². The fourth-order valence-corrected chi connectivity index (χ4v) is 16.7. The van der Waals surface area contributed by atoms with Gasteiger partial charge in [0.05, 0.1) is 0 Å². The minimum atomic E-state index is -1.11. The smallest absolute Gasteiger partial charge is 0.00489 e. The second-order valence-corrected chi connectivity index (χ2v) is 21.7. The fourth-order valence-electron chi connectivity index (χ4n) is 7.95. The van der Waals surface area contributed by atoms with E-state index in [9.17, 15) is 0 Å². The molecule has 0 amide bonds. The van der Waals surface area contributed by atoms with Gasteiger partial charge in [0.15, 0.2) is 0 Å². The monoisotopic (exact) mass is 526 g/mol. The molecule has 4 rings (SSSR count). The number of benzene rings is 2. The molecule has 2 aromatic carbocycles. The molecule has 2 unspecified atom stereocenters. The third kappa shape index (κ3) is 4.95. The van der Waals surface area contributed by atoms with E-state index in [0.29, 0.717) is 9.49 Å². The predicted molar refractivity (Wildman–Crippen MR) is 168 cm³/mol. The van der Waals surface area contributed by atoms with Crippen molar-refractivity contribution in [1.29, 1.82) is 0 Å². The molecule has 202 valence electrons. The largest absolute Gasteiger partial charge is 0.234 e. The summed E-state index contributed by atoms with van der Waals surface area (Å²) in [5, 5.41) is 1.70. The predicted octanol–water partition coefficient (Wildman–Crippen LogP) is 10.8. The van der Waals surface area contributed by atoms with Crippen LogP contribution in [0.25, 0.3) is 0 Å². The van der Waals surface area contributed by atoms with Crippen LogP contribution in [0.3, 0.4) is 0 Å². The van der Waals surface area contributed by atoms with Crippen molar-refractivity contribution < 1.29 is 0 Å². The average molecular weight is 527 g/mol. The molecular formula is C34H54S2. The third-order valence-electron chi connectivity index (χ3n) is 11.0. The highest BCUT2D eigenvalue weighted by Gasteiger charge is 2.48. The van der Waals surface area contributed by atoms with Crippen LogP contribution in [-0.2, 0) is 0 Å². The highest BCUT2D eigenvalue weighted by Crippen LogP contribution is 2.73. The van der Waals surface area contributed by atoms with E-state index >= 15 is 0 Å². The SMILES string of the molecule is CC(C)S(C)(C(C)CC1CCC(C)(S(C)(c2ccccc2)c2ccccc2)CC1)C1(C)CCCCC1. The first-order valence-corrected chi connectivity index (χ1v) is 18.9. The van der Waals surface area contributed by atoms with E-state index in [-0.39, 0.29) is 0 Å². The lowest BCUT2D eigenvalue weighted by Gasteiger charge is -2.61. The van der Waals surface area contributed by atoms with E-state index in [1.54, 1.807) is 9.79 Å². The highest BCUT2D eigenvalue weighted by atomic mass is 32.3. The van der Waals surface area contributed by atoms with Crippen molar-refractivity contribution in [3.05, 3.63) is 60.7 Å². The van der Waals surface area contributed by atoms with Crippen molar-refractivity contribution in [2.45, 2.75) is 129 Å². The molecule has 0 radical (unpaired) electrons. The van der Waals surface area contributed by atoms with Crippen molar-refractivity contribution in [3.63, 3.8) is 0 Å². The van der Waals surface area contributed by atoms with Gasteiger partial charge in [-0.15, -0.1) is 0 Å². The van der Waals surface area contributed by atoms with E-state index < -0.39 is 20.1 Å². The molecule has 2 saturated carbocycles. The molecule has 0 saturated heterocycles. The Kier molecular flexibility index (Phi) is 8.68. The normalized spacial score (nSPS) is 28.7. The first-order valence-electron chi connectivity index (χ1n) is 14.7. The Hall–Kier alpha value is -0.860. The summed E-state index contributed by atoms with van der Waals surface area (Å²) in [7, 11) is -1.79. The van der Waals surface area contributed by atoms with Crippen LogP contribution in [-0.4, -0.2) is 32.5 Å². The molecule has 2 aliphatic carbocycles. The molecular weight excluding hydrogens is 473 g/mol. The lowest BCUT2D eigenvalue weighted by atomic mass is 9.80. The summed E-state index contributed by atoms with van der Waals surface area (Å²) >= 11 is 0. The van der Waals surface area contributed by atoms with Gasteiger partial charge < -0.3 is 0 Å². The standard InChI is InChI=1S/C34H54S2/c1-28(2)35(6,33(4)23-15-10-16-24-33)29(3)27-30-21-25-34(5,26-22-30)36(7,31-17-11-8-12-18-31)32-19-13-9-14-20-32/h8-9,11-14,17-20,28-30H,10,15-16,21-27H2,1-7H3. The lowest BCUT2D eigenvalue weighted by molar-refractivity contribution is 0.295. The van der Waals surface area contributed by atoms with Crippen molar-refractivity contribution in [3.8, 4) is 0 Å². The number of rotatable bonds is 8. The zero-order valence-corrected chi connectivity index (χ0v) is 26.0. The van der Waals surface area contributed by atoms with Crippen LogP contribution in [0.4, 0.5) is 0 Å². The Morgan fingerprint density at radius 1 is 0.694 bits per heavy atom. The zero-order chi connectivity index (χ0) is 26.0. The van der Waals surface area contributed by atoms with Crippen LogP contribution in [0.15, 0.2) is 70.5 Å². The summed E-state index contributed by atoms with van der Waals surface area (Å²) in [4.78, 5) is 3.13. The molecule has 0 bridgehead atoms. The minimum absolute atomic E-state index is 0.360. The second kappa shape index (κ2) is 11.1. The lowest BCUT2D eigenvalue weighted by Crippen LogP contribution is -2.44. The maximum absolute atomic E-state index is 2.76. The molecule has 36 heavy (non-hydrogen) atoms. The van der Waals surface area contributed by atoms with Crippen molar-refractivity contribution in [1.82, 2.24) is 0 Å². The minimum Gasteiger partial charge on any atom is -0.234 e. The van der Waals surface area contributed by atoms with Crippen LogP contribution < -0.4 is 0 Å². The molecule has 0 nitrogen and oxygen atoms in total. The second-order valence-electron chi connectivity index (χ2n) is 13.1. The van der Waals surface area contributed by atoms with Crippen LogP contribution in [0.5, 0.6) is 0 Å². The van der Waals surface area contributed by atoms with Crippen LogP contribution in [0, 0.1) is 5.92 Å². The van der Waals surface area contributed by atoms with E-state index in [4.69, 9.17) is 0 Å². The third-order valence-corrected chi connectivity index (χ3v) is 22.2. The summed E-state index contributed by atoms with van der Waals surface area (Å²) in [5.41, 5.74) is 0. The quantitative estimate of drug-likeness (QED) is 0.321. The maximum atomic E-state index is 2.76. The van der Waals surface area contributed by atoms with Gasteiger partial charge in [0, 0.05) is 4.75 Å². The van der Waals surface area contributed by atoms with Crippen LogP contribution in [0.1, 0.15) is 98.8 Å². The number of hydrogen-bond acceptors (Lipinski definition) is 0. The molecule has 2 aromatic rings. The molecule has 0 spiro atoms. The van der Waals surface area contributed by atoms with E-state index in [2.05, 4.69) is 108 Å². The van der Waals surface area contributed by atoms with Gasteiger partial charge in [-0.3, -0.25) is 0 Å². The summed E-state index contributed by atoms with van der Waals surface area (Å²) in [6.07, 6.45) is 19.7. The zero-order valence-electron chi connectivity index (χ0n) is 24.4. The molecule has 0 heterocycles. The molecule has 2 heteroatoms. The number of hydrogen-bond donors (Lipinski definition) is 0. The van der Waals surface area contributed by atoms with E-state index in [1.807, 2.05) is 0 Å². The maximum Gasteiger partial charge on any atom is 0.00489 e. The van der Waals surface area contributed by atoms with Crippen LogP contribution in [0.2, 0.25) is 0 Å². The van der Waals surface area contributed by atoms with Gasteiger partial charge in [-0.05, 0) is 113 Å². The van der Waals surface area contributed by atoms with Gasteiger partial charge in [0.2, 0.25) is 0 Å². The first-order chi connectivity index (χ1) is 17.1. The van der Waals surface area contributed by atoms with Gasteiger partial charge in [-0.25, -0.2) is 10.0 Å². The van der Waals surface area contributed by atoms with Crippen molar-refractivity contribution in [2.24, 2.45) is 5.92 Å². The average Bonchev–Trinajstić information content (AvgIpc) is 2.90. The summed E-state index contributed by atoms with van der Waals surface area (Å²) in [6.45, 7) is 13.1. The van der Waals surface area contributed by atoms with Gasteiger partial charge in [0.1, 0.15) is 0 Å².